The summed E-state index contributed by atoms with van der Waals surface area (Å²) in [6, 6.07) is 13.0. The van der Waals surface area contributed by atoms with E-state index >= 15 is 0 Å². The monoisotopic (exact) mass is 492 g/mol. The fourth-order valence-electron chi connectivity index (χ4n) is 2.54. The van der Waals surface area contributed by atoms with Crippen molar-refractivity contribution in [2.75, 3.05) is 12.3 Å². The number of nitrogens with zero attached hydrogens (tertiary/aromatic N) is 1. The lowest BCUT2D eigenvalue weighted by Gasteiger charge is -2.11. The number of rotatable bonds is 9. The van der Waals surface area contributed by atoms with Crippen molar-refractivity contribution in [3.63, 3.8) is 0 Å². The number of hydrogen-bond donors (Lipinski definition) is 1. The molecule has 1 heterocycles. The lowest BCUT2D eigenvalue weighted by molar-refractivity contribution is -0.757. The maximum atomic E-state index is 12.7. The minimum absolute atomic E-state index is 0.00831. The van der Waals surface area contributed by atoms with Crippen molar-refractivity contribution in [3.05, 3.63) is 68.0 Å². The Morgan fingerprint density at radius 2 is 1.81 bits per heavy atom. The number of benzene rings is 2. The van der Waals surface area contributed by atoms with E-state index in [1.807, 2.05) is 18.2 Å². The van der Waals surface area contributed by atoms with Crippen LogP contribution >= 0.6 is 32.9 Å². The minimum Gasteiger partial charge on any atom is -0.426 e. The van der Waals surface area contributed by atoms with Gasteiger partial charge in [-0.1, -0.05) is 32.9 Å². The van der Waals surface area contributed by atoms with Gasteiger partial charge in [0, 0.05) is 23.1 Å². The van der Waals surface area contributed by atoms with Gasteiger partial charge in [-0.05, 0) is 54.4 Å². The predicted molar refractivity (Wildman–Crippen MR) is 122 cm³/mol. The number of carbonyl (C=O) groups is 2. The third-order valence-corrected chi connectivity index (χ3v) is 6.89. The molecule has 0 bridgehead atoms. The van der Waals surface area contributed by atoms with Gasteiger partial charge in [-0.25, -0.2) is 4.79 Å². The van der Waals surface area contributed by atoms with Gasteiger partial charge in [0.15, 0.2) is 0 Å². The molecular formula is C20H16N2O7S3. The van der Waals surface area contributed by atoms with E-state index in [4.69, 9.17) is 27.4 Å². The SMILES string of the molecule is Nc1ccc(C(=O)Oc2ccc(-c3cc(=S)ss3)cc2)c(OC(=O)CCCO[N+](=O)[O-])c1. The number of esters is 2. The predicted octanol–water partition coefficient (Wildman–Crippen LogP) is 4.90. The van der Waals surface area contributed by atoms with E-state index in [1.165, 1.54) is 28.5 Å². The zero-order chi connectivity index (χ0) is 23.1. The van der Waals surface area contributed by atoms with Crippen LogP contribution in [0.25, 0.3) is 10.4 Å². The van der Waals surface area contributed by atoms with Gasteiger partial charge in [0.2, 0.25) is 0 Å². The lowest BCUT2D eigenvalue weighted by atomic mass is 10.1. The highest BCUT2D eigenvalue weighted by Crippen LogP contribution is 2.31. The fraction of sp³-hybridized carbons (Fsp3) is 0.150. The molecule has 0 amide bonds. The average molecular weight is 493 g/mol. The molecule has 0 spiro atoms. The van der Waals surface area contributed by atoms with Crippen molar-refractivity contribution in [2.24, 2.45) is 0 Å². The molecule has 0 aliphatic rings. The summed E-state index contributed by atoms with van der Waals surface area (Å²) in [6.07, 6.45) is -0.0691. The van der Waals surface area contributed by atoms with Crippen LogP contribution in [-0.4, -0.2) is 23.6 Å². The van der Waals surface area contributed by atoms with Gasteiger partial charge in [-0.2, -0.15) is 0 Å². The largest absolute Gasteiger partial charge is 0.426 e. The number of nitrogen functional groups attached to an aromatic ring is 1. The Morgan fingerprint density at radius 1 is 1.06 bits per heavy atom. The van der Waals surface area contributed by atoms with Gasteiger partial charge in [0.05, 0.1) is 6.61 Å². The molecule has 0 atom stereocenters. The van der Waals surface area contributed by atoms with Gasteiger partial charge in [-0.3, -0.25) is 4.79 Å². The van der Waals surface area contributed by atoms with Crippen molar-refractivity contribution < 1.29 is 29.0 Å². The number of anilines is 1. The van der Waals surface area contributed by atoms with Gasteiger partial charge >= 0.3 is 11.9 Å². The summed E-state index contributed by atoms with van der Waals surface area (Å²) in [4.78, 5) is 40.0. The summed E-state index contributed by atoms with van der Waals surface area (Å²) in [6.45, 7) is -0.246. The molecular weight excluding hydrogens is 476 g/mol. The van der Waals surface area contributed by atoms with E-state index in [-0.39, 0.29) is 36.4 Å². The summed E-state index contributed by atoms with van der Waals surface area (Å²) in [5.74, 6) is -1.18. The number of carbonyl (C=O) groups excluding carboxylic acids is 2. The van der Waals surface area contributed by atoms with Crippen LogP contribution in [0.2, 0.25) is 0 Å². The topological polar surface area (TPSA) is 131 Å². The maximum absolute atomic E-state index is 12.7. The summed E-state index contributed by atoms with van der Waals surface area (Å²) >= 11 is 5.14. The summed E-state index contributed by atoms with van der Waals surface area (Å²) < 4.78 is 11.4. The Morgan fingerprint density at radius 3 is 2.47 bits per heavy atom. The molecule has 166 valence electrons. The van der Waals surface area contributed by atoms with Crippen molar-refractivity contribution in [3.8, 4) is 21.9 Å². The van der Waals surface area contributed by atoms with E-state index in [1.54, 1.807) is 22.5 Å². The number of ether oxygens (including phenoxy) is 2. The molecule has 1 aromatic heterocycles. The summed E-state index contributed by atoms with van der Waals surface area (Å²) in [7, 11) is 3.07. The van der Waals surface area contributed by atoms with Crippen molar-refractivity contribution in [1.82, 2.24) is 0 Å². The van der Waals surface area contributed by atoms with Gasteiger partial charge in [-0.15, -0.1) is 10.1 Å². The highest BCUT2D eigenvalue weighted by Gasteiger charge is 2.18. The molecule has 0 unspecified atom stereocenters. The maximum Gasteiger partial charge on any atom is 0.347 e. The van der Waals surface area contributed by atoms with Crippen LogP contribution in [0, 0.1) is 13.9 Å². The molecule has 0 aliphatic carbocycles. The van der Waals surface area contributed by atoms with E-state index < -0.39 is 17.0 Å². The molecule has 0 aliphatic heterocycles. The third-order valence-electron chi connectivity index (χ3n) is 3.98. The standard InChI is InChI=1S/C20H16N2O7S3/c21-13-5-8-15(16(10-13)29-18(23)2-1-9-27-22(25)26)20(24)28-14-6-3-12(4-7-14)17-11-19(30)32-31-17/h3-8,10-11H,1-2,9,21H2. The third kappa shape index (κ3) is 6.57. The highest BCUT2D eigenvalue weighted by molar-refractivity contribution is 7.80. The lowest BCUT2D eigenvalue weighted by Crippen LogP contribution is -2.15. The van der Waals surface area contributed by atoms with Crippen molar-refractivity contribution in [2.45, 2.75) is 12.8 Å². The average Bonchev–Trinajstić information content (AvgIpc) is 3.18. The summed E-state index contributed by atoms with van der Waals surface area (Å²) in [5.41, 5.74) is 6.98. The molecule has 9 nitrogen and oxygen atoms in total. The van der Waals surface area contributed by atoms with E-state index in [9.17, 15) is 19.7 Å². The molecule has 12 heteroatoms. The Bertz CT molecular complexity index is 1190. The second kappa shape index (κ2) is 10.8. The Kier molecular flexibility index (Phi) is 7.87. The van der Waals surface area contributed by atoms with Crippen LogP contribution in [0.1, 0.15) is 23.2 Å². The van der Waals surface area contributed by atoms with E-state index in [0.717, 1.165) is 14.3 Å². The highest BCUT2D eigenvalue weighted by atomic mass is 32.9. The molecule has 0 fully saturated rings. The van der Waals surface area contributed by atoms with Crippen LogP contribution in [-0.2, 0) is 9.63 Å². The molecule has 0 radical (unpaired) electrons. The zero-order valence-electron chi connectivity index (χ0n) is 16.3. The first-order valence-corrected chi connectivity index (χ1v) is 11.7. The van der Waals surface area contributed by atoms with Gasteiger partial charge in [0.1, 0.15) is 20.9 Å². The molecule has 0 saturated heterocycles. The second-order valence-electron chi connectivity index (χ2n) is 6.30. The number of nitrogens with two attached hydrogens (primary N) is 1. The summed E-state index contributed by atoms with van der Waals surface area (Å²) in [5, 5.41) is 9.19. The first kappa shape index (κ1) is 23.3. The molecule has 32 heavy (non-hydrogen) atoms. The zero-order valence-corrected chi connectivity index (χ0v) is 18.8. The van der Waals surface area contributed by atoms with Crippen LogP contribution in [0.15, 0.2) is 48.5 Å². The second-order valence-corrected chi connectivity index (χ2v) is 9.21. The normalized spacial score (nSPS) is 10.4. The van der Waals surface area contributed by atoms with Gasteiger partial charge in [0.25, 0.3) is 5.09 Å². The molecule has 3 aromatic rings. The molecule has 3 rings (SSSR count). The molecule has 0 saturated carbocycles. The number of hydrogen-bond acceptors (Lipinski definition) is 11. The van der Waals surface area contributed by atoms with Crippen LogP contribution < -0.4 is 15.2 Å². The Labute approximate surface area is 194 Å². The van der Waals surface area contributed by atoms with Crippen LogP contribution in [0.4, 0.5) is 5.69 Å². The first-order valence-electron chi connectivity index (χ1n) is 9.12. The Hall–Kier alpha value is -3.35. The Balaban J connectivity index is 1.66. The molecule has 2 N–H and O–H groups in total. The fourth-order valence-corrected chi connectivity index (χ4v) is 4.95. The van der Waals surface area contributed by atoms with Gasteiger partial charge < -0.3 is 20.0 Å². The van der Waals surface area contributed by atoms with Crippen molar-refractivity contribution >= 4 is 50.5 Å². The first-order chi connectivity index (χ1) is 15.3. The molecule has 2 aromatic carbocycles. The quantitative estimate of drug-likeness (QED) is 0.0647. The van der Waals surface area contributed by atoms with E-state index in [0.29, 0.717) is 5.75 Å². The minimum atomic E-state index is -0.943. The van der Waals surface area contributed by atoms with Crippen LogP contribution in [0.5, 0.6) is 11.5 Å². The van der Waals surface area contributed by atoms with Crippen molar-refractivity contribution in [1.29, 1.82) is 0 Å². The smallest absolute Gasteiger partial charge is 0.347 e. The van der Waals surface area contributed by atoms with Crippen LogP contribution in [0.3, 0.4) is 0 Å². The van der Waals surface area contributed by atoms with E-state index in [2.05, 4.69) is 4.84 Å².